The number of aliphatic hydroxyl groups excluding tert-OH is 1. The Morgan fingerprint density at radius 1 is 1.35 bits per heavy atom. The smallest absolute Gasteiger partial charge is 0.387 e. The van der Waals surface area contributed by atoms with Crippen LogP contribution < -0.4 is 4.74 Å². The molecule has 1 atom stereocenters. The van der Waals surface area contributed by atoms with Gasteiger partial charge >= 0.3 is 6.61 Å². The van der Waals surface area contributed by atoms with E-state index in [4.69, 9.17) is 0 Å². The van der Waals surface area contributed by atoms with Crippen molar-refractivity contribution in [3.63, 3.8) is 0 Å². The Morgan fingerprint density at radius 3 is 2.50 bits per heavy atom. The molecular weight excluding hydrogens is 374 g/mol. The highest BCUT2D eigenvalue weighted by atomic mass is 32.2. The largest absolute Gasteiger partial charge is 0.435 e. The molecule has 1 aromatic carbocycles. The van der Waals surface area contributed by atoms with Crippen LogP contribution >= 0.6 is 23.5 Å². The molecule has 0 aromatic heterocycles. The van der Waals surface area contributed by atoms with E-state index in [1.54, 1.807) is 48.7 Å². The van der Waals surface area contributed by atoms with Crippen molar-refractivity contribution in [2.24, 2.45) is 0 Å². The molecule has 0 spiro atoms. The van der Waals surface area contributed by atoms with Crippen LogP contribution in [0.2, 0.25) is 0 Å². The topological polar surface area (TPSA) is 29.5 Å². The lowest BCUT2D eigenvalue weighted by molar-refractivity contribution is -0.0503. The number of allylic oxidation sites excluding steroid dienone is 3. The number of thioether (sulfide) groups is 2. The van der Waals surface area contributed by atoms with Gasteiger partial charge in [-0.05, 0) is 60.6 Å². The highest BCUT2D eigenvalue weighted by Crippen LogP contribution is 2.55. The summed E-state index contributed by atoms with van der Waals surface area (Å²) >= 11 is 3.38. The Hall–Kier alpha value is -1.24. The third kappa shape index (κ3) is 4.72. The molecule has 1 N–H and O–H groups in total. The van der Waals surface area contributed by atoms with E-state index in [0.29, 0.717) is 11.1 Å². The molecule has 0 amide bonds. The van der Waals surface area contributed by atoms with Crippen LogP contribution in [0.4, 0.5) is 8.78 Å². The molecular formula is C20H24F2O2S2. The van der Waals surface area contributed by atoms with Crippen LogP contribution in [0.25, 0.3) is 0 Å². The molecule has 2 nitrogen and oxygen atoms in total. The maximum Gasteiger partial charge on any atom is 0.387 e. The van der Waals surface area contributed by atoms with Gasteiger partial charge in [-0.1, -0.05) is 36.9 Å². The van der Waals surface area contributed by atoms with Gasteiger partial charge in [-0.3, -0.25) is 0 Å². The number of halogens is 2. The number of alkyl halides is 2. The maximum absolute atomic E-state index is 12.5. The van der Waals surface area contributed by atoms with E-state index in [9.17, 15) is 13.9 Å². The van der Waals surface area contributed by atoms with Crippen LogP contribution in [0.1, 0.15) is 30.6 Å². The SMILES string of the molecule is C=C/C(=C\C(=C)C)C1(C(O)c2ccc(OC(F)F)c(C)c2)SCCCS1. The molecule has 142 valence electrons. The first-order valence-electron chi connectivity index (χ1n) is 8.31. The number of rotatable bonds is 7. The van der Waals surface area contributed by atoms with Crippen LogP contribution in [0, 0.1) is 6.92 Å². The Kier molecular flexibility index (Phi) is 7.38. The first-order valence-corrected chi connectivity index (χ1v) is 10.3. The Morgan fingerprint density at radius 2 is 2.00 bits per heavy atom. The van der Waals surface area contributed by atoms with Gasteiger partial charge in [0.2, 0.25) is 0 Å². The molecule has 1 aromatic rings. The van der Waals surface area contributed by atoms with Crippen LogP contribution in [0.5, 0.6) is 5.75 Å². The number of hydrogen-bond acceptors (Lipinski definition) is 4. The zero-order chi connectivity index (χ0) is 19.3. The van der Waals surface area contributed by atoms with Crippen LogP contribution in [0.15, 0.2) is 54.7 Å². The summed E-state index contributed by atoms with van der Waals surface area (Å²) in [6.07, 6.45) is 3.97. The van der Waals surface area contributed by atoms with Gasteiger partial charge < -0.3 is 9.84 Å². The second-order valence-electron chi connectivity index (χ2n) is 6.17. The van der Waals surface area contributed by atoms with Gasteiger partial charge in [0.05, 0.1) is 0 Å². The van der Waals surface area contributed by atoms with E-state index in [2.05, 4.69) is 17.9 Å². The fourth-order valence-corrected chi connectivity index (χ4v) is 6.29. The molecule has 1 unspecified atom stereocenters. The highest BCUT2D eigenvalue weighted by molar-refractivity contribution is 8.19. The summed E-state index contributed by atoms with van der Waals surface area (Å²) < 4.78 is 28.9. The lowest BCUT2D eigenvalue weighted by Crippen LogP contribution is -2.34. The Balaban J connectivity index is 2.44. The number of ether oxygens (including phenoxy) is 1. The molecule has 1 aliphatic rings. The monoisotopic (exact) mass is 398 g/mol. The molecule has 0 saturated carbocycles. The average Bonchev–Trinajstić information content (AvgIpc) is 2.60. The molecule has 6 heteroatoms. The fraction of sp³-hybridized carbons (Fsp3) is 0.400. The van der Waals surface area contributed by atoms with Gasteiger partial charge in [0.15, 0.2) is 0 Å². The molecule has 0 radical (unpaired) electrons. The summed E-state index contributed by atoms with van der Waals surface area (Å²) in [4.78, 5) is 0. The zero-order valence-electron chi connectivity index (χ0n) is 15.0. The summed E-state index contributed by atoms with van der Waals surface area (Å²) in [6, 6.07) is 4.84. The minimum absolute atomic E-state index is 0.121. The lowest BCUT2D eigenvalue weighted by Gasteiger charge is -2.41. The van der Waals surface area contributed by atoms with Crippen molar-refractivity contribution in [1.82, 2.24) is 0 Å². The zero-order valence-corrected chi connectivity index (χ0v) is 16.6. The second-order valence-corrected chi connectivity index (χ2v) is 9.11. The summed E-state index contributed by atoms with van der Waals surface area (Å²) in [6.45, 7) is 8.60. The lowest BCUT2D eigenvalue weighted by atomic mass is 9.97. The number of hydrogen-bond donors (Lipinski definition) is 1. The van der Waals surface area contributed by atoms with Gasteiger partial charge in [-0.2, -0.15) is 8.78 Å². The van der Waals surface area contributed by atoms with Crippen molar-refractivity contribution < 1.29 is 18.6 Å². The third-order valence-corrected chi connectivity index (χ3v) is 7.50. The van der Waals surface area contributed by atoms with E-state index in [-0.39, 0.29) is 5.75 Å². The van der Waals surface area contributed by atoms with E-state index in [1.807, 2.05) is 13.0 Å². The minimum Gasteiger partial charge on any atom is -0.435 e. The fourth-order valence-electron chi connectivity index (χ4n) is 2.89. The number of aliphatic hydroxyl groups is 1. The molecule has 1 aliphatic heterocycles. The first-order chi connectivity index (χ1) is 12.3. The predicted octanol–water partition coefficient (Wildman–Crippen LogP) is 5.88. The molecule has 1 saturated heterocycles. The van der Waals surface area contributed by atoms with Crippen LogP contribution in [0.3, 0.4) is 0 Å². The van der Waals surface area contributed by atoms with Crippen molar-refractivity contribution in [1.29, 1.82) is 0 Å². The minimum atomic E-state index is -2.87. The average molecular weight is 399 g/mol. The maximum atomic E-state index is 12.5. The van der Waals surface area contributed by atoms with Crippen molar-refractivity contribution >= 4 is 23.5 Å². The van der Waals surface area contributed by atoms with Crippen LogP contribution in [-0.2, 0) is 0 Å². The highest BCUT2D eigenvalue weighted by Gasteiger charge is 2.44. The van der Waals surface area contributed by atoms with Gasteiger partial charge in [0, 0.05) is 0 Å². The first kappa shape index (κ1) is 21.1. The number of aryl methyl sites for hydroxylation is 1. The normalized spacial score (nSPS) is 18.5. The van der Waals surface area contributed by atoms with Crippen molar-refractivity contribution in [3.8, 4) is 5.75 Å². The second kappa shape index (κ2) is 9.11. The van der Waals surface area contributed by atoms with Gasteiger partial charge in [0.1, 0.15) is 15.9 Å². The standard InChI is InChI=1S/C20H24F2O2S2/c1-5-16(11-13(2)3)20(25-9-6-10-26-20)18(23)15-7-8-17(14(4)12-15)24-19(21)22/h5,7-8,11-12,18-19,23H,1-2,6,9-10H2,3-4H3/b16-11+. The summed E-state index contributed by atoms with van der Waals surface area (Å²) in [5.74, 6) is 1.98. The predicted molar refractivity (Wildman–Crippen MR) is 108 cm³/mol. The molecule has 2 rings (SSSR count). The van der Waals surface area contributed by atoms with E-state index >= 15 is 0 Å². The van der Waals surface area contributed by atoms with Crippen molar-refractivity contribution in [2.45, 2.75) is 37.1 Å². The molecule has 1 heterocycles. The molecule has 0 bridgehead atoms. The van der Waals surface area contributed by atoms with Crippen molar-refractivity contribution in [3.05, 3.63) is 65.8 Å². The molecule has 0 aliphatic carbocycles. The number of benzene rings is 1. The van der Waals surface area contributed by atoms with Gasteiger partial charge in [-0.25, -0.2) is 0 Å². The quantitative estimate of drug-likeness (QED) is 0.581. The van der Waals surface area contributed by atoms with E-state index < -0.39 is 16.8 Å². The molecule has 26 heavy (non-hydrogen) atoms. The summed E-state index contributed by atoms with van der Waals surface area (Å²) in [7, 11) is 0. The Bertz CT molecular complexity index is 695. The van der Waals surface area contributed by atoms with Gasteiger partial charge in [-0.15, -0.1) is 23.5 Å². The van der Waals surface area contributed by atoms with E-state index in [1.165, 1.54) is 6.07 Å². The van der Waals surface area contributed by atoms with E-state index in [0.717, 1.165) is 29.1 Å². The van der Waals surface area contributed by atoms with Crippen molar-refractivity contribution in [2.75, 3.05) is 11.5 Å². The van der Waals surface area contributed by atoms with Gasteiger partial charge in [0.25, 0.3) is 0 Å². The molecule has 1 fully saturated rings. The third-order valence-electron chi connectivity index (χ3n) is 4.04. The Labute approximate surface area is 162 Å². The summed E-state index contributed by atoms with van der Waals surface area (Å²) in [5.41, 5.74) is 3.03. The summed E-state index contributed by atoms with van der Waals surface area (Å²) in [5, 5.41) is 11.3. The van der Waals surface area contributed by atoms with Crippen LogP contribution in [-0.4, -0.2) is 27.3 Å².